The predicted molar refractivity (Wildman–Crippen MR) is 93.9 cm³/mol. The zero-order chi connectivity index (χ0) is 15.2. The number of hydrogen-bond acceptors (Lipinski definition) is 1. The Hall–Kier alpha value is -1.28. The smallest absolute Gasteiger partial charge is 0.0570 e. The summed E-state index contributed by atoms with van der Waals surface area (Å²) in [6.45, 7) is 9.06. The van der Waals surface area contributed by atoms with E-state index in [1.807, 2.05) is 0 Å². The summed E-state index contributed by atoms with van der Waals surface area (Å²) in [4.78, 5) is 0. The minimum atomic E-state index is 0.232. The number of anilines is 1. The largest absolute Gasteiger partial charge is 0.377 e. The van der Waals surface area contributed by atoms with Gasteiger partial charge < -0.3 is 5.32 Å². The number of aryl methyl sites for hydroxylation is 2. The topological polar surface area (TPSA) is 12.0 Å². The molecule has 0 aromatic heterocycles. The molecule has 1 aliphatic carbocycles. The fourth-order valence-corrected chi connectivity index (χ4v) is 4.23. The van der Waals surface area contributed by atoms with Crippen LogP contribution in [0.2, 0.25) is 0 Å². The average molecular weight is 344 g/mol. The number of fused-ring (bicyclic) bond motifs is 1. The predicted octanol–water partition coefficient (Wildman–Crippen LogP) is 5.80. The van der Waals surface area contributed by atoms with E-state index in [0.717, 1.165) is 10.9 Å². The molecule has 21 heavy (non-hydrogen) atoms. The van der Waals surface area contributed by atoms with E-state index < -0.39 is 0 Å². The fraction of sp³-hybridized carbons (Fsp3) is 0.368. The number of rotatable bonds is 2. The third-order valence-corrected chi connectivity index (χ3v) is 5.04. The Labute approximate surface area is 135 Å². The molecule has 2 aromatic carbocycles. The Morgan fingerprint density at radius 1 is 1.10 bits per heavy atom. The Bertz CT molecular complexity index is 665. The molecule has 1 unspecified atom stereocenters. The molecule has 3 rings (SSSR count). The maximum absolute atomic E-state index is 3.83. The molecule has 0 heterocycles. The lowest BCUT2D eigenvalue weighted by Gasteiger charge is -2.31. The first-order valence-corrected chi connectivity index (χ1v) is 8.29. The molecule has 0 radical (unpaired) electrons. The molecule has 2 aromatic rings. The van der Waals surface area contributed by atoms with Crippen LogP contribution < -0.4 is 5.32 Å². The van der Waals surface area contributed by atoms with Crippen LogP contribution in [0.3, 0.4) is 0 Å². The van der Waals surface area contributed by atoms with Crippen molar-refractivity contribution in [1.82, 2.24) is 0 Å². The van der Waals surface area contributed by atoms with Crippen molar-refractivity contribution in [3.05, 3.63) is 63.1 Å². The van der Waals surface area contributed by atoms with Gasteiger partial charge in [0, 0.05) is 10.2 Å². The fourth-order valence-electron chi connectivity index (χ4n) is 3.55. The summed E-state index contributed by atoms with van der Waals surface area (Å²) in [5.74, 6) is 0. The molecule has 0 spiro atoms. The summed E-state index contributed by atoms with van der Waals surface area (Å²) in [7, 11) is 0. The number of halogens is 1. The molecule has 1 nitrogen and oxygen atoms in total. The van der Waals surface area contributed by atoms with Crippen LogP contribution in [0, 0.1) is 19.3 Å². The summed E-state index contributed by atoms with van der Waals surface area (Å²) in [6.07, 6.45) is 1.13. The highest BCUT2D eigenvalue weighted by Crippen LogP contribution is 2.47. The third-order valence-electron chi connectivity index (χ3n) is 4.58. The van der Waals surface area contributed by atoms with Crippen LogP contribution in [0.25, 0.3) is 0 Å². The minimum absolute atomic E-state index is 0.232. The lowest BCUT2D eigenvalue weighted by atomic mass is 9.85. The summed E-state index contributed by atoms with van der Waals surface area (Å²) in [5, 5.41) is 3.83. The number of nitrogens with one attached hydrogen (secondary N) is 1. The van der Waals surface area contributed by atoms with Crippen LogP contribution in [0.4, 0.5) is 5.69 Å². The lowest BCUT2D eigenvalue weighted by molar-refractivity contribution is 0.337. The van der Waals surface area contributed by atoms with Gasteiger partial charge in [-0.15, -0.1) is 0 Å². The zero-order valence-corrected chi connectivity index (χ0v) is 14.7. The highest BCUT2D eigenvalue weighted by atomic mass is 79.9. The molecular formula is C19H22BrN. The molecule has 0 saturated heterocycles. The van der Waals surface area contributed by atoms with E-state index in [1.54, 1.807) is 0 Å². The molecular weight excluding hydrogens is 322 g/mol. The molecule has 0 aliphatic heterocycles. The quantitative estimate of drug-likeness (QED) is 0.726. The van der Waals surface area contributed by atoms with Gasteiger partial charge in [0.15, 0.2) is 0 Å². The van der Waals surface area contributed by atoms with Crippen LogP contribution in [-0.2, 0) is 6.42 Å². The highest BCUT2D eigenvalue weighted by Gasteiger charge is 2.38. The van der Waals surface area contributed by atoms with E-state index >= 15 is 0 Å². The summed E-state index contributed by atoms with van der Waals surface area (Å²) in [5.41, 5.74) is 7.02. The number of hydrogen-bond donors (Lipinski definition) is 1. The second-order valence-corrected chi connectivity index (χ2v) is 7.77. The molecule has 0 fully saturated rings. The van der Waals surface area contributed by atoms with E-state index in [0.29, 0.717) is 6.04 Å². The van der Waals surface area contributed by atoms with Gasteiger partial charge >= 0.3 is 0 Å². The van der Waals surface area contributed by atoms with Crippen molar-refractivity contribution in [2.75, 3.05) is 5.32 Å². The van der Waals surface area contributed by atoms with Crippen molar-refractivity contribution in [3.63, 3.8) is 0 Å². The van der Waals surface area contributed by atoms with Crippen LogP contribution >= 0.6 is 15.9 Å². The van der Waals surface area contributed by atoms with Crippen molar-refractivity contribution in [1.29, 1.82) is 0 Å². The Kier molecular flexibility index (Phi) is 3.61. The molecule has 0 saturated carbocycles. The van der Waals surface area contributed by atoms with Crippen LogP contribution in [0.15, 0.2) is 40.9 Å². The first-order valence-electron chi connectivity index (χ1n) is 7.49. The average Bonchev–Trinajstić information content (AvgIpc) is 2.63. The van der Waals surface area contributed by atoms with Crippen LogP contribution in [0.5, 0.6) is 0 Å². The van der Waals surface area contributed by atoms with Gasteiger partial charge in [0.05, 0.1) is 6.04 Å². The van der Waals surface area contributed by atoms with E-state index in [9.17, 15) is 0 Å². The zero-order valence-electron chi connectivity index (χ0n) is 13.1. The van der Waals surface area contributed by atoms with Crippen LogP contribution in [-0.4, -0.2) is 0 Å². The molecule has 2 heteroatoms. The summed E-state index contributed by atoms with van der Waals surface area (Å²) >= 11 is 3.58. The van der Waals surface area contributed by atoms with Crippen LogP contribution in [0.1, 0.15) is 42.1 Å². The first kappa shape index (κ1) is 14.6. The van der Waals surface area contributed by atoms with Gasteiger partial charge in [-0.1, -0.05) is 54.0 Å². The molecule has 1 aliphatic rings. The van der Waals surface area contributed by atoms with Gasteiger partial charge in [0.25, 0.3) is 0 Å². The maximum atomic E-state index is 3.83. The Morgan fingerprint density at radius 2 is 1.71 bits per heavy atom. The summed E-state index contributed by atoms with van der Waals surface area (Å²) in [6, 6.07) is 13.6. The Morgan fingerprint density at radius 3 is 2.38 bits per heavy atom. The highest BCUT2D eigenvalue weighted by molar-refractivity contribution is 9.10. The monoisotopic (exact) mass is 343 g/mol. The van der Waals surface area contributed by atoms with E-state index in [4.69, 9.17) is 0 Å². The molecule has 0 amide bonds. The van der Waals surface area contributed by atoms with Gasteiger partial charge in [-0.2, -0.15) is 0 Å². The third kappa shape index (κ3) is 2.62. The number of benzene rings is 2. The van der Waals surface area contributed by atoms with Crippen molar-refractivity contribution < 1.29 is 0 Å². The summed E-state index contributed by atoms with van der Waals surface area (Å²) < 4.78 is 1.15. The van der Waals surface area contributed by atoms with Gasteiger partial charge in [-0.05, 0) is 60.1 Å². The van der Waals surface area contributed by atoms with Crippen molar-refractivity contribution in [2.45, 2.75) is 40.2 Å². The van der Waals surface area contributed by atoms with E-state index in [2.05, 4.69) is 85.3 Å². The lowest BCUT2D eigenvalue weighted by Crippen LogP contribution is -2.25. The molecule has 110 valence electrons. The standard InChI is InChI=1S/C19H22BrN/c1-12-9-15(20)10-13(2)17(12)21-18-16-8-6-5-7-14(16)11-19(18,3)4/h5-10,18,21H,11H2,1-4H3. The normalized spacial score (nSPS) is 19.4. The minimum Gasteiger partial charge on any atom is -0.377 e. The first-order chi connectivity index (χ1) is 9.88. The maximum Gasteiger partial charge on any atom is 0.0570 e. The second kappa shape index (κ2) is 5.17. The van der Waals surface area contributed by atoms with Crippen molar-refractivity contribution >= 4 is 21.6 Å². The van der Waals surface area contributed by atoms with E-state index in [1.165, 1.54) is 27.9 Å². The Balaban J connectivity index is 2.02. The molecule has 1 N–H and O–H groups in total. The van der Waals surface area contributed by atoms with Gasteiger partial charge in [-0.3, -0.25) is 0 Å². The second-order valence-electron chi connectivity index (χ2n) is 6.86. The van der Waals surface area contributed by atoms with Crippen molar-refractivity contribution in [3.8, 4) is 0 Å². The SMILES string of the molecule is Cc1cc(Br)cc(C)c1NC1c2ccccc2CC1(C)C. The van der Waals surface area contributed by atoms with E-state index in [-0.39, 0.29) is 5.41 Å². The van der Waals surface area contributed by atoms with Gasteiger partial charge in [-0.25, -0.2) is 0 Å². The van der Waals surface area contributed by atoms with Gasteiger partial charge in [0.1, 0.15) is 0 Å². The molecule has 1 atom stereocenters. The van der Waals surface area contributed by atoms with Crippen molar-refractivity contribution in [2.24, 2.45) is 5.41 Å². The van der Waals surface area contributed by atoms with Gasteiger partial charge in [0.2, 0.25) is 0 Å². The molecule has 0 bridgehead atoms.